The summed E-state index contributed by atoms with van der Waals surface area (Å²) in [5.74, 6) is 0. The van der Waals surface area contributed by atoms with Crippen LogP contribution in [0.5, 0.6) is 0 Å². The van der Waals surface area contributed by atoms with Crippen molar-refractivity contribution in [1.29, 1.82) is 0 Å². The van der Waals surface area contributed by atoms with Crippen LogP contribution >= 0.6 is 7.29 Å². The second-order valence-electron chi connectivity index (χ2n) is 3.67. The molecule has 3 heteroatoms. The van der Waals surface area contributed by atoms with Gasteiger partial charge in [-0.15, -0.1) is 0 Å². The lowest BCUT2D eigenvalue weighted by atomic mass is 10.2. The van der Waals surface area contributed by atoms with Crippen LogP contribution in [0.3, 0.4) is 0 Å². The molecule has 0 amide bonds. The van der Waals surface area contributed by atoms with E-state index in [2.05, 4.69) is 36.3 Å². The van der Waals surface area contributed by atoms with Crippen molar-refractivity contribution in [2.75, 3.05) is 13.3 Å². The molecule has 0 spiro atoms. The summed E-state index contributed by atoms with van der Waals surface area (Å²) in [5.41, 5.74) is 2.43. The molecular formula is C12H22NOP. The van der Waals surface area contributed by atoms with Gasteiger partial charge in [0.25, 0.3) is 0 Å². The van der Waals surface area contributed by atoms with Gasteiger partial charge in [-0.1, -0.05) is 43.7 Å². The van der Waals surface area contributed by atoms with Crippen molar-refractivity contribution in [2.24, 2.45) is 0 Å². The van der Waals surface area contributed by atoms with Crippen molar-refractivity contribution in [3.05, 3.63) is 35.4 Å². The molecule has 0 aromatic heterocycles. The molecule has 0 aliphatic rings. The van der Waals surface area contributed by atoms with Crippen molar-refractivity contribution < 1.29 is 4.57 Å². The molecule has 2 nitrogen and oxygen atoms in total. The minimum Gasteiger partial charge on any atom is -0.307 e. The second-order valence-corrected chi connectivity index (χ2v) is 6.69. The Kier molecular flexibility index (Phi) is 6.55. The first-order valence-corrected chi connectivity index (χ1v) is 7.93. The summed E-state index contributed by atoms with van der Waals surface area (Å²) in [7, 11) is -2.09. The Balaban J connectivity index is 0.000000921. The molecule has 0 heterocycles. The molecule has 86 valence electrons. The van der Waals surface area contributed by atoms with Gasteiger partial charge in [-0.2, -0.15) is 0 Å². The Morgan fingerprint density at radius 1 is 1.13 bits per heavy atom. The minimum atomic E-state index is -2.09. The average molecular weight is 227 g/mol. The molecule has 0 bridgehead atoms. The highest BCUT2D eigenvalue weighted by atomic mass is 31.2. The van der Waals surface area contributed by atoms with Gasteiger partial charge in [0.15, 0.2) is 0 Å². The molecule has 0 atom stereocenters. The van der Waals surface area contributed by atoms with Gasteiger partial charge in [-0.05, 0) is 12.5 Å². The fourth-order valence-corrected chi connectivity index (χ4v) is 1.55. The minimum absolute atomic E-state index is 0.685. The van der Waals surface area contributed by atoms with Crippen molar-refractivity contribution in [1.82, 2.24) is 5.09 Å². The Bertz CT molecular complexity index is 313. The monoisotopic (exact) mass is 227 g/mol. The second kappa shape index (κ2) is 6.81. The van der Waals surface area contributed by atoms with E-state index in [-0.39, 0.29) is 0 Å². The van der Waals surface area contributed by atoms with Gasteiger partial charge in [-0.3, -0.25) is 5.09 Å². The maximum atomic E-state index is 11.3. The molecule has 0 saturated heterocycles. The molecule has 0 fully saturated rings. The number of aryl methyl sites for hydroxylation is 1. The first kappa shape index (κ1) is 14.4. The third kappa shape index (κ3) is 7.35. The summed E-state index contributed by atoms with van der Waals surface area (Å²) in [6.45, 7) is 10.2. The number of hydrogen-bond acceptors (Lipinski definition) is 1. The summed E-state index contributed by atoms with van der Waals surface area (Å²) >= 11 is 0. The van der Waals surface area contributed by atoms with Gasteiger partial charge in [0.1, 0.15) is 7.29 Å². The molecule has 0 radical (unpaired) electrons. The molecule has 1 aromatic carbocycles. The Hall–Kier alpha value is -0.590. The van der Waals surface area contributed by atoms with E-state index in [9.17, 15) is 4.57 Å². The fraction of sp³-hybridized carbons (Fsp3) is 0.500. The van der Waals surface area contributed by atoms with Crippen LogP contribution in [0, 0.1) is 6.92 Å². The zero-order valence-electron chi connectivity index (χ0n) is 10.4. The molecule has 15 heavy (non-hydrogen) atoms. The fourth-order valence-electron chi connectivity index (χ4n) is 0.988. The average Bonchev–Trinajstić information content (AvgIpc) is 2.19. The number of nitrogens with one attached hydrogen (secondary N) is 1. The van der Waals surface area contributed by atoms with Gasteiger partial charge in [0.2, 0.25) is 0 Å². The van der Waals surface area contributed by atoms with Gasteiger partial charge in [0, 0.05) is 19.9 Å². The maximum absolute atomic E-state index is 11.3. The van der Waals surface area contributed by atoms with Crippen LogP contribution in [-0.4, -0.2) is 13.3 Å². The van der Waals surface area contributed by atoms with Gasteiger partial charge < -0.3 is 4.57 Å². The lowest BCUT2D eigenvalue weighted by Crippen LogP contribution is -2.07. The van der Waals surface area contributed by atoms with Crippen molar-refractivity contribution >= 4 is 7.29 Å². The highest BCUT2D eigenvalue weighted by molar-refractivity contribution is 7.60. The van der Waals surface area contributed by atoms with Crippen LogP contribution in [0.1, 0.15) is 25.0 Å². The van der Waals surface area contributed by atoms with E-state index in [0.717, 1.165) is 0 Å². The molecule has 0 aliphatic heterocycles. The van der Waals surface area contributed by atoms with Crippen molar-refractivity contribution in [3.63, 3.8) is 0 Å². The normalized spacial score (nSPS) is 10.5. The molecule has 1 aromatic rings. The van der Waals surface area contributed by atoms with E-state index < -0.39 is 7.29 Å². The number of hydrogen-bond donors (Lipinski definition) is 1. The number of rotatable bonds is 3. The SMILES string of the molecule is CC.Cc1ccc(CNP(C)(C)=O)cc1. The van der Waals surface area contributed by atoms with Crippen LogP contribution < -0.4 is 5.09 Å². The third-order valence-corrected chi connectivity index (χ3v) is 2.70. The predicted molar refractivity (Wildman–Crippen MR) is 68.8 cm³/mol. The zero-order chi connectivity index (χ0) is 11.9. The summed E-state index contributed by atoms with van der Waals surface area (Å²) < 4.78 is 11.3. The van der Waals surface area contributed by atoms with Crippen LogP contribution in [0.4, 0.5) is 0 Å². The van der Waals surface area contributed by atoms with E-state index in [1.54, 1.807) is 13.3 Å². The molecule has 1 rings (SSSR count). The van der Waals surface area contributed by atoms with Crippen molar-refractivity contribution in [2.45, 2.75) is 27.3 Å². The zero-order valence-corrected chi connectivity index (χ0v) is 11.3. The Morgan fingerprint density at radius 2 is 1.60 bits per heavy atom. The number of benzene rings is 1. The molecule has 0 aliphatic carbocycles. The van der Waals surface area contributed by atoms with E-state index >= 15 is 0 Å². The summed E-state index contributed by atoms with van der Waals surface area (Å²) in [4.78, 5) is 0. The van der Waals surface area contributed by atoms with Crippen LogP contribution in [-0.2, 0) is 11.1 Å². The van der Waals surface area contributed by atoms with Crippen LogP contribution in [0.25, 0.3) is 0 Å². The summed E-state index contributed by atoms with van der Waals surface area (Å²) in [6, 6.07) is 8.23. The van der Waals surface area contributed by atoms with Crippen LogP contribution in [0.2, 0.25) is 0 Å². The standard InChI is InChI=1S/C10H16NOP.C2H6/c1-9-4-6-10(7-5-9)8-11-13(2,3)12;1-2/h4-7H,8H2,1-3H3,(H,11,12);1-2H3. The first-order valence-electron chi connectivity index (χ1n) is 5.33. The Labute approximate surface area is 93.5 Å². The highest BCUT2D eigenvalue weighted by Crippen LogP contribution is 2.30. The third-order valence-electron chi connectivity index (χ3n) is 1.78. The highest BCUT2D eigenvalue weighted by Gasteiger charge is 2.04. The van der Waals surface area contributed by atoms with Gasteiger partial charge in [0.05, 0.1) is 0 Å². The summed E-state index contributed by atoms with van der Waals surface area (Å²) in [5, 5.41) is 3.01. The molecule has 0 unspecified atom stereocenters. The first-order chi connectivity index (χ1) is 6.97. The quantitative estimate of drug-likeness (QED) is 0.798. The van der Waals surface area contributed by atoms with E-state index in [1.807, 2.05) is 13.8 Å². The van der Waals surface area contributed by atoms with Gasteiger partial charge in [-0.25, -0.2) is 0 Å². The molecular weight excluding hydrogens is 205 g/mol. The lowest BCUT2D eigenvalue weighted by molar-refractivity contribution is 0.572. The molecule has 0 saturated carbocycles. The van der Waals surface area contributed by atoms with E-state index in [0.29, 0.717) is 6.54 Å². The largest absolute Gasteiger partial charge is 0.307 e. The van der Waals surface area contributed by atoms with Crippen LogP contribution in [0.15, 0.2) is 24.3 Å². The lowest BCUT2D eigenvalue weighted by Gasteiger charge is -2.08. The maximum Gasteiger partial charge on any atom is 0.142 e. The predicted octanol–water partition coefficient (Wildman–Crippen LogP) is 3.65. The van der Waals surface area contributed by atoms with E-state index in [4.69, 9.17) is 0 Å². The smallest absolute Gasteiger partial charge is 0.142 e. The molecule has 1 N–H and O–H groups in total. The topological polar surface area (TPSA) is 29.1 Å². The summed E-state index contributed by atoms with van der Waals surface area (Å²) in [6.07, 6.45) is 0. The van der Waals surface area contributed by atoms with Gasteiger partial charge >= 0.3 is 0 Å². The van der Waals surface area contributed by atoms with E-state index in [1.165, 1.54) is 11.1 Å². The van der Waals surface area contributed by atoms with Crippen molar-refractivity contribution in [3.8, 4) is 0 Å². The Morgan fingerprint density at radius 3 is 2.00 bits per heavy atom.